The predicted octanol–water partition coefficient (Wildman–Crippen LogP) is 3.19. The summed E-state index contributed by atoms with van der Waals surface area (Å²) in [6.07, 6.45) is 1.39. The van der Waals surface area contributed by atoms with Gasteiger partial charge in [-0.1, -0.05) is 34.1 Å². The molecule has 0 saturated carbocycles. The van der Waals surface area contributed by atoms with Crippen molar-refractivity contribution in [3.8, 4) is 5.75 Å². The van der Waals surface area contributed by atoms with Crippen LogP contribution in [0.15, 0.2) is 53.0 Å². The molecule has 0 unspecified atom stereocenters. The van der Waals surface area contributed by atoms with Crippen molar-refractivity contribution in [3.63, 3.8) is 0 Å². The molecule has 5 nitrogen and oxygen atoms in total. The van der Waals surface area contributed by atoms with Crippen LogP contribution >= 0.6 is 15.9 Å². The van der Waals surface area contributed by atoms with Gasteiger partial charge in [-0.2, -0.15) is 0 Å². The standard InChI is InChI=1S/C19H19BrN2O3/c20-14-5-3-4-13(12-14)19(25)22-10-8-15(9-11-22)21-18(24)16-6-1-2-7-17(16)23/h1-7,12,15,23H,8-11H2,(H,21,24). The molecule has 2 aromatic carbocycles. The van der Waals surface area contributed by atoms with E-state index < -0.39 is 0 Å². The fourth-order valence-corrected chi connectivity index (χ4v) is 3.36. The van der Waals surface area contributed by atoms with Crippen LogP contribution in [0, 0.1) is 0 Å². The van der Waals surface area contributed by atoms with Gasteiger partial charge in [-0.05, 0) is 43.2 Å². The number of likely N-dealkylation sites (tertiary alicyclic amines) is 1. The summed E-state index contributed by atoms with van der Waals surface area (Å²) in [7, 11) is 0. The molecule has 0 atom stereocenters. The van der Waals surface area contributed by atoms with E-state index in [4.69, 9.17) is 0 Å². The summed E-state index contributed by atoms with van der Waals surface area (Å²) in [5.41, 5.74) is 0.932. The number of para-hydroxylation sites is 1. The van der Waals surface area contributed by atoms with Gasteiger partial charge in [-0.3, -0.25) is 9.59 Å². The zero-order valence-electron chi connectivity index (χ0n) is 13.6. The summed E-state index contributed by atoms with van der Waals surface area (Å²) < 4.78 is 0.878. The zero-order chi connectivity index (χ0) is 17.8. The lowest BCUT2D eigenvalue weighted by atomic mass is 10.0. The summed E-state index contributed by atoms with van der Waals surface area (Å²) in [5.74, 6) is -0.302. The van der Waals surface area contributed by atoms with Crippen LogP contribution < -0.4 is 5.32 Å². The Labute approximate surface area is 154 Å². The highest BCUT2D eigenvalue weighted by atomic mass is 79.9. The molecule has 2 amide bonds. The van der Waals surface area contributed by atoms with Gasteiger partial charge in [-0.15, -0.1) is 0 Å². The molecule has 1 saturated heterocycles. The van der Waals surface area contributed by atoms with Crippen molar-refractivity contribution in [1.82, 2.24) is 10.2 Å². The second-order valence-corrected chi connectivity index (χ2v) is 6.98. The Balaban J connectivity index is 1.56. The monoisotopic (exact) mass is 402 g/mol. The number of benzene rings is 2. The maximum Gasteiger partial charge on any atom is 0.255 e. The van der Waals surface area contributed by atoms with E-state index in [0.717, 1.165) is 4.47 Å². The highest BCUT2D eigenvalue weighted by molar-refractivity contribution is 9.10. The van der Waals surface area contributed by atoms with Gasteiger partial charge in [0, 0.05) is 29.2 Å². The first-order valence-electron chi connectivity index (χ1n) is 8.18. The summed E-state index contributed by atoms with van der Waals surface area (Å²) >= 11 is 3.38. The minimum atomic E-state index is -0.283. The second kappa shape index (κ2) is 7.70. The van der Waals surface area contributed by atoms with Gasteiger partial charge in [-0.25, -0.2) is 0 Å². The SMILES string of the molecule is O=C(NC1CCN(C(=O)c2cccc(Br)c2)CC1)c1ccccc1O. The lowest BCUT2D eigenvalue weighted by Gasteiger charge is -2.32. The van der Waals surface area contributed by atoms with E-state index in [1.165, 1.54) is 6.07 Å². The number of phenolic OH excluding ortho intramolecular Hbond substituents is 1. The van der Waals surface area contributed by atoms with Crippen molar-refractivity contribution in [3.05, 3.63) is 64.1 Å². The molecule has 0 aromatic heterocycles. The molecular weight excluding hydrogens is 384 g/mol. The molecule has 1 fully saturated rings. The Bertz CT molecular complexity index is 786. The topological polar surface area (TPSA) is 69.6 Å². The predicted molar refractivity (Wildman–Crippen MR) is 98.6 cm³/mol. The van der Waals surface area contributed by atoms with Gasteiger partial charge in [0.25, 0.3) is 11.8 Å². The van der Waals surface area contributed by atoms with Crippen molar-refractivity contribution in [2.24, 2.45) is 0 Å². The van der Waals surface area contributed by atoms with E-state index in [1.807, 2.05) is 23.1 Å². The molecule has 2 aromatic rings. The van der Waals surface area contributed by atoms with Crippen molar-refractivity contribution < 1.29 is 14.7 Å². The molecule has 0 aliphatic carbocycles. The normalized spacial score (nSPS) is 15.0. The first-order valence-corrected chi connectivity index (χ1v) is 8.97. The van der Waals surface area contributed by atoms with Gasteiger partial charge in [0.1, 0.15) is 5.75 Å². The lowest BCUT2D eigenvalue weighted by molar-refractivity contribution is 0.0698. The molecule has 25 heavy (non-hydrogen) atoms. The Morgan fingerprint density at radius 2 is 1.80 bits per heavy atom. The summed E-state index contributed by atoms with van der Waals surface area (Å²) in [4.78, 5) is 26.6. The zero-order valence-corrected chi connectivity index (χ0v) is 15.2. The van der Waals surface area contributed by atoms with Gasteiger partial charge in [0.15, 0.2) is 0 Å². The largest absolute Gasteiger partial charge is 0.507 e. The highest BCUT2D eigenvalue weighted by Crippen LogP contribution is 2.19. The van der Waals surface area contributed by atoms with E-state index >= 15 is 0 Å². The first-order chi connectivity index (χ1) is 12.0. The number of hydrogen-bond acceptors (Lipinski definition) is 3. The van der Waals surface area contributed by atoms with E-state index in [2.05, 4.69) is 21.2 Å². The quantitative estimate of drug-likeness (QED) is 0.827. The van der Waals surface area contributed by atoms with Crippen LogP contribution in [-0.2, 0) is 0 Å². The third-order valence-electron chi connectivity index (χ3n) is 4.34. The molecule has 0 spiro atoms. The lowest BCUT2D eigenvalue weighted by Crippen LogP contribution is -2.46. The number of hydrogen-bond donors (Lipinski definition) is 2. The van der Waals surface area contributed by atoms with E-state index in [0.29, 0.717) is 31.5 Å². The molecule has 6 heteroatoms. The molecule has 2 N–H and O–H groups in total. The molecule has 1 aliphatic rings. The summed E-state index contributed by atoms with van der Waals surface area (Å²) in [6, 6.07) is 13.8. The third kappa shape index (κ3) is 4.20. The average molecular weight is 403 g/mol. The minimum absolute atomic E-state index is 0.00124. The molecule has 130 valence electrons. The number of nitrogens with zero attached hydrogens (tertiary/aromatic N) is 1. The van der Waals surface area contributed by atoms with Crippen molar-refractivity contribution in [1.29, 1.82) is 0 Å². The number of piperidine rings is 1. The van der Waals surface area contributed by atoms with E-state index in [-0.39, 0.29) is 29.2 Å². The molecule has 0 bridgehead atoms. The average Bonchev–Trinajstić information content (AvgIpc) is 2.62. The van der Waals surface area contributed by atoms with E-state index in [1.54, 1.807) is 24.3 Å². The number of carbonyl (C=O) groups excluding carboxylic acids is 2. The number of amides is 2. The maximum atomic E-state index is 12.5. The molecule has 1 heterocycles. The fourth-order valence-electron chi connectivity index (χ4n) is 2.96. The second-order valence-electron chi connectivity index (χ2n) is 6.07. The van der Waals surface area contributed by atoms with Crippen LogP contribution in [0.25, 0.3) is 0 Å². The van der Waals surface area contributed by atoms with Gasteiger partial charge < -0.3 is 15.3 Å². The van der Waals surface area contributed by atoms with Crippen LogP contribution in [0.3, 0.4) is 0 Å². The van der Waals surface area contributed by atoms with Crippen molar-refractivity contribution >= 4 is 27.7 Å². The van der Waals surface area contributed by atoms with Gasteiger partial charge in [0.05, 0.1) is 5.56 Å². The van der Waals surface area contributed by atoms with Crippen molar-refractivity contribution in [2.75, 3.05) is 13.1 Å². The minimum Gasteiger partial charge on any atom is -0.507 e. The molecular formula is C19H19BrN2O3. The number of halogens is 1. The third-order valence-corrected chi connectivity index (χ3v) is 4.83. The van der Waals surface area contributed by atoms with Crippen molar-refractivity contribution in [2.45, 2.75) is 18.9 Å². The van der Waals surface area contributed by atoms with Gasteiger partial charge in [0.2, 0.25) is 0 Å². The fraction of sp³-hybridized carbons (Fsp3) is 0.263. The van der Waals surface area contributed by atoms with Crippen LogP contribution in [-0.4, -0.2) is 41.0 Å². The van der Waals surface area contributed by atoms with Crippen LogP contribution in [0.2, 0.25) is 0 Å². The molecule has 0 radical (unpaired) electrons. The Morgan fingerprint density at radius 3 is 2.48 bits per heavy atom. The van der Waals surface area contributed by atoms with Crippen LogP contribution in [0.4, 0.5) is 0 Å². The number of nitrogens with one attached hydrogen (secondary N) is 1. The summed E-state index contributed by atoms with van der Waals surface area (Å²) in [6.45, 7) is 1.19. The Kier molecular flexibility index (Phi) is 5.38. The van der Waals surface area contributed by atoms with Crippen LogP contribution in [0.1, 0.15) is 33.6 Å². The maximum absolute atomic E-state index is 12.5. The Hall–Kier alpha value is -2.34. The summed E-state index contributed by atoms with van der Waals surface area (Å²) in [5, 5.41) is 12.7. The number of carbonyl (C=O) groups is 2. The highest BCUT2D eigenvalue weighted by Gasteiger charge is 2.25. The molecule has 3 rings (SSSR count). The number of phenols is 1. The molecule has 1 aliphatic heterocycles. The smallest absolute Gasteiger partial charge is 0.255 e. The Morgan fingerprint density at radius 1 is 1.08 bits per heavy atom. The first kappa shape index (κ1) is 17.5. The number of aromatic hydroxyl groups is 1. The van der Waals surface area contributed by atoms with E-state index in [9.17, 15) is 14.7 Å². The number of rotatable bonds is 3. The van der Waals surface area contributed by atoms with Crippen LogP contribution in [0.5, 0.6) is 5.75 Å². The van der Waals surface area contributed by atoms with Gasteiger partial charge >= 0.3 is 0 Å².